The van der Waals surface area contributed by atoms with E-state index in [1.54, 1.807) is 0 Å². The summed E-state index contributed by atoms with van der Waals surface area (Å²) in [5.41, 5.74) is -0.758. The van der Waals surface area contributed by atoms with Crippen LogP contribution in [0, 0.1) is 0 Å². The third-order valence-corrected chi connectivity index (χ3v) is 5.09. The van der Waals surface area contributed by atoms with Gasteiger partial charge in [0.2, 0.25) is 0 Å². The highest BCUT2D eigenvalue weighted by Crippen LogP contribution is 2.35. The summed E-state index contributed by atoms with van der Waals surface area (Å²) in [6.07, 6.45) is 0.401. The van der Waals surface area contributed by atoms with Gasteiger partial charge in [0.15, 0.2) is 5.96 Å². The van der Waals surface area contributed by atoms with Crippen molar-refractivity contribution in [3.63, 3.8) is 0 Å². The fourth-order valence-electron chi connectivity index (χ4n) is 3.50. The molecule has 2 fully saturated rings. The molecular formula is C20H29F3N4O. The van der Waals surface area contributed by atoms with Crippen LogP contribution in [0.3, 0.4) is 0 Å². The van der Waals surface area contributed by atoms with Crippen LogP contribution in [0.4, 0.5) is 13.2 Å². The Kier molecular flexibility index (Phi) is 7.04. The highest BCUT2D eigenvalue weighted by molar-refractivity contribution is 5.80. The van der Waals surface area contributed by atoms with Crippen molar-refractivity contribution in [1.29, 1.82) is 0 Å². The van der Waals surface area contributed by atoms with E-state index in [-0.39, 0.29) is 18.9 Å². The predicted octanol–water partition coefficient (Wildman–Crippen LogP) is 3.27. The number of hydrogen-bond donors (Lipinski definition) is 2. The summed E-state index contributed by atoms with van der Waals surface area (Å²) in [4.78, 5) is 7.02. The number of guanidine groups is 1. The Morgan fingerprint density at radius 1 is 1.18 bits per heavy atom. The van der Waals surface area contributed by atoms with Gasteiger partial charge in [-0.1, -0.05) is 12.1 Å². The van der Waals surface area contributed by atoms with Crippen LogP contribution < -0.4 is 15.4 Å². The number of rotatable bonds is 7. The number of halogens is 3. The van der Waals surface area contributed by atoms with Crippen molar-refractivity contribution in [2.24, 2.45) is 4.99 Å². The van der Waals surface area contributed by atoms with Gasteiger partial charge in [-0.3, -0.25) is 0 Å². The molecule has 0 atom stereocenters. The van der Waals surface area contributed by atoms with Gasteiger partial charge in [-0.05, 0) is 44.7 Å². The van der Waals surface area contributed by atoms with E-state index in [1.807, 2.05) is 6.92 Å². The van der Waals surface area contributed by atoms with Crippen LogP contribution in [0.5, 0.6) is 5.75 Å². The van der Waals surface area contributed by atoms with Gasteiger partial charge in [0.25, 0.3) is 0 Å². The Labute approximate surface area is 164 Å². The molecule has 1 aliphatic carbocycles. The number of alkyl halides is 3. The summed E-state index contributed by atoms with van der Waals surface area (Å²) in [7, 11) is 0. The fourth-order valence-corrected chi connectivity index (χ4v) is 3.50. The van der Waals surface area contributed by atoms with Crippen LogP contribution in [0.2, 0.25) is 0 Å². The van der Waals surface area contributed by atoms with E-state index in [2.05, 4.69) is 20.5 Å². The predicted molar refractivity (Wildman–Crippen MR) is 104 cm³/mol. The molecule has 1 aliphatic heterocycles. The number of piperidine rings is 1. The van der Waals surface area contributed by atoms with Gasteiger partial charge >= 0.3 is 6.18 Å². The normalized spacial score (nSPS) is 19.5. The maximum Gasteiger partial charge on any atom is 0.419 e. The van der Waals surface area contributed by atoms with Crippen molar-refractivity contribution in [2.75, 3.05) is 32.8 Å². The second kappa shape index (κ2) is 9.49. The van der Waals surface area contributed by atoms with Crippen molar-refractivity contribution in [1.82, 2.24) is 15.5 Å². The molecule has 0 radical (unpaired) electrons. The average molecular weight is 398 g/mol. The Balaban J connectivity index is 1.47. The average Bonchev–Trinajstić information content (AvgIpc) is 3.51. The molecule has 28 heavy (non-hydrogen) atoms. The lowest BCUT2D eigenvalue weighted by Gasteiger charge is -2.33. The number of nitrogens with one attached hydrogen (secondary N) is 2. The first-order valence-corrected chi connectivity index (χ1v) is 10.0. The smallest absolute Gasteiger partial charge is 0.419 e. The Morgan fingerprint density at radius 3 is 2.54 bits per heavy atom. The van der Waals surface area contributed by atoms with Crippen LogP contribution in [0.15, 0.2) is 29.3 Å². The zero-order valence-corrected chi connectivity index (χ0v) is 16.3. The van der Waals surface area contributed by atoms with Gasteiger partial charge in [0, 0.05) is 31.7 Å². The SMILES string of the molecule is CCNC(=NCCOc1ccccc1C(F)(F)F)NC1CCN(C2CC2)CC1. The zero-order valence-electron chi connectivity index (χ0n) is 16.3. The van der Waals surface area contributed by atoms with E-state index >= 15 is 0 Å². The van der Waals surface area contributed by atoms with Gasteiger partial charge in [-0.15, -0.1) is 0 Å². The van der Waals surface area contributed by atoms with Crippen LogP contribution >= 0.6 is 0 Å². The van der Waals surface area contributed by atoms with Crippen LogP contribution in [0.25, 0.3) is 0 Å². The molecule has 1 heterocycles. The lowest BCUT2D eigenvalue weighted by molar-refractivity contribution is -0.138. The van der Waals surface area contributed by atoms with E-state index in [0.29, 0.717) is 12.0 Å². The molecule has 0 amide bonds. The number of hydrogen-bond acceptors (Lipinski definition) is 3. The molecule has 1 aromatic rings. The number of ether oxygens (including phenoxy) is 1. The van der Waals surface area contributed by atoms with Gasteiger partial charge in [0.1, 0.15) is 12.4 Å². The number of benzene rings is 1. The number of aliphatic imine (C=N–C) groups is 1. The molecule has 1 aromatic carbocycles. The Hall–Kier alpha value is -1.96. The molecule has 0 spiro atoms. The van der Waals surface area contributed by atoms with Crippen LogP contribution in [-0.2, 0) is 6.18 Å². The van der Waals surface area contributed by atoms with E-state index in [0.717, 1.165) is 44.6 Å². The van der Waals surface area contributed by atoms with E-state index in [9.17, 15) is 13.2 Å². The quantitative estimate of drug-likeness (QED) is 0.421. The standard InChI is InChI=1S/C20H29F3N4O/c1-2-24-19(26-15-9-12-27(13-10-15)16-7-8-16)25-11-14-28-18-6-4-3-5-17(18)20(21,22)23/h3-6,15-16H,2,7-14H2,1H3,(H2,24,25,26). The van der Waals surface area contributed by atoms with E-state index < -0.39 is 11.7 Å². The highest BCUT2D eigenvalue weighted by atomic mass is 19.4. The molecule has 0 unspecified atom stereocenters. The van der Waals surface area contributed by atoms with Gasteiger partial charge in [0.05, 0.1) is 12.1 Å². The number of para-hydroxylation sites is 1. The van der Waals surface area contributed by atoms with Crippen molar-refractivity contribution in [3.05, 3.63) is 29.8 Å². The molecule has 2 N–H and O–H groups in total. The second-order valence-electron chi connectivity index (χ2n) is 7.29. The van der Waals surface area contributed by atoms with Crippen molar-refractivity contribution >= 4 is 5.96 Å². The molecule has 2 aliphatic rings. The third-order valence-electron chi connectivity index (χ3n) is 5.09. The monoisotopic (exact) mass is 398 g/mol. The van der Waals surface area contributed by atoms with Crippen LogP contribution in [0.1, 0.15) is 38.2 Å². The van der Waals surface area contributed by atoms with Crippen molar-refractivity contribution in [3.8, 4) is 5.75 Å². The first kappa shape index (κ1) is 20.8. The Bertz CT molecular complexity index is 653. The molecule has 0 bridgehead atoms. The lowest BCUT2D eigenvalue weighted by Crippen LogP contribution is -2.49. The Morgan fingerprint density at radius 2 is 1.89 bits per heavy atom. The summed E-state index contributed by atoms with van der Waals surface area (Å²) >= 11 is 0. The summed E-state index contributed by atoms with van der Waals surface area (Å²) in [6, 6.07) is 6.43. The first-order valence-electron chi connectivity index (χ1n) is 10.0. The zero-order chi connectivity index (χ0) is 20.0. The fraction of sp³-hybridized carbons (Fsp3) is 0.650. The lowest BCUT2D eigenvalue weighted by atomic mass is 10.1. The maximum absolute atomic E-state index is 13.0. The summed E-state index contributed by atoms with van der Waals surface area (Å²) < 4.78 is 44.3. The van der Waals surface area contributed by atoms with E-state index in [1.165, 1.54) is 31.0 Å². The minimum Gasteiger partial charge on any atom is -0.491 e. The first-order chi connectivity index (χ1) is 13.5. The van der Waals surface area contributed by atoms with Gasteiger partial charge < -0.3 is 20.3 Å². The maximum atomic E-state index is 13.0. The molecule has 3 rings (SSSR count). The number of nitrogens with zero attached hydrogens (tertiary/aromatic N) is 2. The molecule has 0 aromatic heterocycles. The summed E-state index contributed by atoms with van der Waals surface area (Å²) in [5.74, 6) is 0.538. The minimum absolute atomic E-state index is 0.0871. The van der Waals surface area contributed by atoms with Gasteiger partial charge in [-0.25, -0.2) is 4.99 Å². The van der Waals surface area contributed by atoms with Crippen molar-refractivity contribution < 1.29 is 17.9 Å². The highest BCUT2D eigenvalue weighted by Gasteiger charge is 2.34. The summed E-state index contributed by atoms with van der Waals surface area (Å²) in [6.45, 7) is 5.30. The topological polar surface area (TPSA) is 48.9 Å². The molecule has 156 valence electrons. The minimum atomic E-state index is -4.42. The summed E-state index contributed by atoms with van der Waals surface area (Å²) in [5, 5.41) is 6.65. The third kappa shape index (κ3) is 6.02. The molecular weight excluding hydrogens is 369 g/mol. The molecule has 1 saturated carbocycles. The number of likely N-dealkylation sites (tertiary alicyclic amines) is 1. The molecule has 5 nitrogen and oxygen atoms in total. The largest absolute Gasteiger partial charge is 0.491 e. The van der Waals surface area contributed by atoms with E-state index in [4.69, 9.17) is 4.74 Å². The van der Waals surface area contributed by atoms with Crippen molar-refractivity contribution in [2.45, 2.75) is 50.9 Å². The second-order valence-corrected chi connectivity index (χ2v) is 7.29. The van der Waals surface area contributed by atoms with Gasteiger partial charge in [-0.2, -0.15) is 13.2 Å². The molecule has 1 saturated heterocycles. The van der Waals surface area contributed by atoms with Crippen LogP contribution in [-0.4, -0.2) is 55.7 Å². The molecule has 8 heteroatoms.